The summed E-state index contributed by atoms with van der Waals surface area (Å²) in [5.74, 6) is 0.574. The van der Waals surface area contributed by atoms with Crippen LogP contribution in [0.15, 0.2) is 22.4 Å². The summed E-state index contributed by atoms with van der Waals surface area (Å²) in [6, 6.07) is 4.28. The molecule has 0 bridgehead atoms. The van der Waals surface area contributed by atoms with Gasteiger partial charge in [-0.3, -0.25) is 0 Å². The van der Waals surface area contributed by atoms with Crippen LogP contribution in [-0.2, 0) is 12.3 Å². The zero-order valence-electron chi connectivity index (χ0n) is 7.88. The predicted molar refractivity (Wildman–Crippen MR) is 68.0 cm³/mol. The minimum absolute atomic E-state index is 0.574. The lowest BCUT2D eigenvalue weighted by Gasteiger charge is -2.09. The Balaban J connectivity index is 2.82. The molecule has 1 heterocycles. The van der Waals surface area contributed by atoms with Crippen LogP contribution >= 0.6 is 35.6 Å². The monoisotopic (exact) mass is 242 g/mol. The SMILES string of the molecule is CCc1c(S)cc2sccc2c1CCl. The van der Waals surface area contributed by atoms with Crippen LogP contribution in [0.3, 0.4) is 0 Å². The van der Waals surface area contributed by atoms with Crippen molar-refractivity contribution in [2.75, 3.05) is 0 Å². The number of benzene rings is 1. The molecule has 0 aliphatic carbocycles. The highest BCUT2D eigenvalue weighted by Crippen LogP contribution is 2.32. The Bertz CT molecular complexity index is 460. The van der Waals surface area contributed by atoms with Crippen LogP contribution in [0.1, 0.15) is 18.1 Å². The van der Waals surface area contributed by atoms with Crippen molar-refractivity contribution in [2.45, 2.75) is 24.1 Å². The summed E-state index contributed by atoms with van der Waals surface area (Å²) in [4.78, 5) is 1.07. The number of halogens is 1. The topological polar surface area (TPSA) is 0 Å². The Hall–Kier alpha value is -0.180. The molecule has 1 aromatic heterocycles. The number of thiophene rings is 1. The molecule has 0 aliphatic heterocycles. The van der Waals surface area contributed by atoms with Crippen molar-refractivity contribution < 1.29 is 0 Å². The van der Waals surface area contributed by atoms with Gasteiger partial charge in [0.05, 0.1) is 0 Å². The van der Waals surface area contributed by atoms with Crippen LogP contribution in [0.25, 0.3) is 10.1 Å². The summed E-state index contributed by atoms with van der Waals surface area (Å²) in [5, 5.41) is 3.40. The van der Waals surface area contributed by atoms with Gasteiger partial charge in [0.15, 0.2) is 0 Å². The number of rotatable bonds is 2. The Morgan fingerprint density at radius 3 is 2.86 bits per heavy atom. The second kappa shape index (κ2) is 4.13. The second-order valence-electron chi connectivity index (χ2n) is 3.17. The van der Waals surface area contributed by atoms with Crippen LogP contribution in [0.5, 0.6) is 0 Å². The van der Waals surface area contributed by atoms with E-state index in [9.17, 15) is 0 Å². The Morgan fingerprint density at radius 1 is 1.43 bits per heavy atom. The lowest BCUT2D eigenvalue weighted by molar-refractivity contribution is 1.06. The number of thiol groups is 1. The third-order valence-corrected chi connectivity index (χ3v) is 3.98. The highest BCUT2D eigenvalue weighted by atomic mass is 35.5. The van der Waals surface area contributed by atoms with E-state index in [-0.39, 0.29) is 0 Å². The van der Waals surface area contributed by atoms with Gasteiger partial charge in [-0.15, -0.1) is 35.6 Å². The standard InChI is InChI=1S/C11H11ClS2/c1-2-7-9(6-12)8-3-4-14-11(8)5-10(7)13/h3-5,13H,2,6H2,1H3. The fourth-order valence-corrected chi connectivity index (χ4v) is 3.43. The molecule has 2 rings (SSSR count). The second-order valence-corrected chi connectivity index (χ2v) is 4.87. The zero-order chi connectivity index (χ0) is 10.1. The van der Waals surface area contributed by atoms with Crippen molar-refractivity contribution in [1.29, 1.82) is 0 Å². The van der Waals surface area contributed by atoms with Crippen LogP contribution < -0.4 is 0 Å². The molecule has 14 heavy (non-hydrogen) atoms. The predicted octanol–water partition coefficient (Wildman–Crippen LogP) is 4.49. The zero-order valence-corrected chi connectivity index (χ0v) is 10.3. The molecular weight excluding hydrogens is 232 g/mol. The largest absolute Gasteiger partial charge is 0.144 e. The Morgan fingerprint density at radius 2 is 2.21 bits per heavy atom. The van der Waals surface area contributed by atoms with Crippen LogP contribution in [0, 0.1) is 0 Å². The summed E-state index contributed by atoms with van der Waals surface area (Å²) >= 11 is 12.2. The van der Waals surface area contributed by atoms with E-state index in [1.807, 2.05) is 0 Å². The van der Waals surface area contributed by atoms with E-state index < -0.39 is 0 Å². The lowest BCUT2D eigenvalue weighted by Crippen LogP contribution is -1.92. The average Bonchev–Trinajstić information content (AvgIpc) is 2.62. The van der Waals surface area contributed by atoms with Gasteiger partial charge in [-0.2, -0.15) is 0 Å². The first kappa shape index (κ1) is 10.3. The molecular formula is C11H11ClS2. The van der Waals surface area contributed by atoms with Crippen LogP contribution in [0.4, 0.5) is 0 Å². The maximum Gasteiger partial charge on any atom is 0.0483 e. The summed E-state index contributed by atoms with van der Waals surface area (Å²) in [7, 11) is 0. The molecule has 0 N–H and O–H groups in total. The number of alkyl halides is 1. The molecule has 3 heteroatoms. The molecule has 0 aliphatic rings. The molecule has 74 valence electrons. The summed E-state index contributed by atoms with van der Waals surface area (Å²) in [6.45, 7) is 2.14. The van der Waals surface area contributed by atoms with Gasteiger partial charge in [0.25, 0.3) is 0 Å². The molecule has 0 unspecified atom stereocenters. The van der Waals surface area contributed by atoms with Crippen molar-refractivity contribution in [2.24, 2.45) is 0 Å². The van der Waals surface area contributed by atoms with E-state index >= 15 is 0 Å². The van der Waals surface area contributed by atoms with Gasteiger partial charge in [0, 0.05) is 15.5 Å². The fraction of sp³-hybridized carbons (Fsp3) is 0.273. The van der Waals surface area contributed by atoms with Gasteiger partial charge in [-0.1, -0.05) is 6.92 Å². The molecule has 1 aromatic carbocycles. The highest BCUT2D eigenvalue weighted by molar-refractivity contribution is 7.80. The average molecular weight is 243 g/mol. The molecule has 0 atom stereocenters. The van der Waals surface area contributed by atoms with Crippen molar-refractivity contribution in [3.63, 3.8) is 0 Å². The van der Waals surface area contributed by atoms with E-state index in [2.05, 4.69) is 37.1 Å². The van der Waals surface area contributed by atoms with Crippen molar-refractivity contribution in [3.05, 3.63) is 28.6 Å². The van der Waals surface area contributed by atoms with Gasteiger partial charge in [-0.25, -0.2) is 0 Å². The van der Waals surface area contributed by atoms with E-state index in [4.69, 9.17) is 11.6 Å². The maximum atomic E-state index is 5.99. The fourth-order valence-electron chi connectivity index (χ4n) is 1.76. The van der Waals surface area contributed by atoms with Gasteiger partial charge >= 0.3 is 0 Å². The smallest absolute Gasteiger partial charge is 0.0483 e. The maximum absolute atomic E-state index is 5.99. The first-order chi connectivity index (χ1) is 6.77. The van der Waals surface area contributed by atoms with Crippen molar-refractivity contribution in [1.82, 2.24) is 0 Å². The quantitative estimate of drug-likeness (QED) is 0.582. The molecule has 0 saturated carbocycles. The molecule has 0 radical (unpaired) electrons. The van der Waals surface area contributed by atoms with Crippen molar-refractivity contribution in [3.8, 4) is 0 Å². The van der Waals surface area contributed by atoms with E-state index in [1.54, 1.807) is 11.3 Å². The summed E-state index contributed by atoms with van der Waals surface area (Å²) < 4.78 is 1.28. The third-order valence-electron chi connectivity index (χ3n) is 2.45. The highest BCUT2D eigenvalue weighted by Gasteiger charge is 2.09. The molecule has 0 spiro atoms. The molecule has 0 amide bonds. The minimum Gasteiger partial charge on any atom is -0.144 e. The molecule has 0 saturated heterocycles. The lowest BCUT2D eigenvalue weighted by atomic mass is 10.0. The summed E-state index contributed by atoms with van der Waals surface area (Å²) in [5.41, 5.74) is 2.53. The van der Waals surface area contributed by atoms with Crippen LogP contribution in [0.2, 0.25) is 0 Å². The molecule has 0 nitrogen and oxygen atoms in total. The van der Waals surface area contributed by atoms with Gasteiger partial charge in [0.2, 0.25) is 0 Å². The Kier molecular flexibility index (Phi) is 3.05. The molecule has 0 fully saturated rings. The number of fused-ring (bicyclic) bond motifs is 1. The minimum atomic E-state index is 0.574. The number of hydrogen-bond acceptors (Lipinski definition) is 2. The van der Waals surface area contributed by atoms with E-state index in [0.717, 1.165) is 11.3 Å². The van der Waals surface area contributed by atoms with E-state index in [0.29, 0.717) is 5.88 Å². The van der Waals surface area contributed by atoms with Crippen molar-refractivity contribution >= 4 is 45.7 Å². The number of hydrogen-bond donors (Lipinski definition) is 1. The van der Waals surface area contributed by atoms with E-state index in [1.165, 1.54) is 21.2 Å². The first-order valence-electron chi connectivity index (χ1n) is 4.54. The van der Waals surface area contributed by atoms with Gasteiger partial charge in [0.1, 0.15) is 0 Å². The van der Waals surface area contributed by atoms with Gasteiger partial charge in [-0.05, 0) is 40.4 Å². The Labute approximate surface area is 98.3 Å². The van der Waals surface area contributed by atoms with Gasteiger partial charge < -0.3 is 0 Å². The first-order valence-corrected chi connectivity index (χ1v) is 6.41. The molecule has 2 aromatic rings. The normalized spacial score (nSPS) is 11.1. The van der Waals surface area contributed by atoms with Crippen LogP contribution in [-0.4, -0.2) is 0 Å². The third kappa shape index (κ3) is 1.56. The summed E-state index contributed by atoms with van der Waals surface area (Å²) in [6.07, 6.45) is 0.993.